The fourth-order valence-electron chi connectivity index (χ4n) is 5.12. The molecular weight excluding hydrogens is 481 g/mol. The Bertz CT molecular complexity index is 1080. The summed E-state index contributed by atoms with van der Waals surface area (Å²) in [6.07, 6.45) is 9.40. The maximum atomic E-state index is 13.8. The van der Waals surface area contributed by atoms with Gasteiger partial charge in [0.2, 0.25) is 5.91 Å². The Kier molecular flexibility index (Phi) is 8.56. The molecule has 1 heterocycles. The molecule has 194 valence electrons. The van der Waals surface area contributed by atoms with Gasteiger partial charge in [-0.05, 0) is 67.9 Å². The van der Waals surface area contributed by atoms with Crippen molar-refractivity contribution in [2.75, 3.05) is 10.6 Å². The summed E-state index contributed by atoms with van der Waals surface area (Å²) in [5, 5.41) is 6.05. The number of halogens is 1. The van der Waals surface area contributed by atoms with Gasteiger partial charge in [-0.1, -0.05) is 39.0 Å². The average molecular weight is 516 g/mol. The molecule has 36 heavy (non-hydrogen) atoms. The highest BCUT2D eigenvalue weighted by Crippen LogP contribution is 2.29. The van der Waals surface area contributed by atoms with Gasteiger partial charge in [-0.3, -0.25) is 19.3 Å². The molecule has 0 spiro atoms. The SMILES string of the molecule is CC[C@@H](C(=O)NC1CCCC1)N(C(=O)c1snc(C(=O)NC2CCCCC2)c1N)c1ccc(F)cc1. The quantitative estimate of drug-likeness (QED) is 0.481. The minimum absolute atomic E-state index is 0.00326. The van der Waals surface area contributed by atoms with E-state index in [-0.39, 0.29) is 34.2 Å². The predicted octanol–water partition coefficient (Wildman–Crippen LogP) is 4.41. The van der Waals surface area contributed by atoms with Gasteiger partial charge in [-0.15, -0.1) is 0 Å². The van der Waals surface area contributed by atoms with Crippen LogP contribution in [0.2, 0.25) is 0 Å². The van der Waals surface area contributed by atoms with Crippen LogP contribution in [0.15, 0.2) is 24.3 Å². The number of hydrogen-bond donors (Lipinski definition) is 3. The minimum Gasteiger partial charge on any atom is -0.395 e. The number of hydrogen-bond acceptors (Lipinski definition) is 6. The number of nitrogens with zero attached hydrogens (tertiary/aromatic N) is 2. The number of nitrogens with one attached hydrogen (secondary N) is 2. The number of carbonyl (C=O) groups excluding carboxylic acids is 3. The Morgan fingerprint density at radius 2 is 1.61 bits per heavy atom. The van der Waals surface area contributed by atoms with E-state index in [0.717, 1.165) is 69.3 Å². The predicted molar refractivity (Wildman–Crippen MR) is 139 cm³/mol. The monoisotopic (exact) mass is 515 g/mol. The second-order valence-electron chi connectivity index (χ2n) is 9.65. The van der Waals surface area contributed by atoms with Gasteiger partial charge < -0.3 is 16.4 Å². The van der Waals surface area contributed by atoms with Crippen LogP contribution in [0.25, 0.3) is 0 Å². The Morgan fingerprint density at radius 3 is 2.22 bits per heavy atom. The van der Waals surface area contributed by atoms with Crippen molar-refractivity contribution in [2.24, 2.45) is 0 Å². The number of nitrogens with two attached hydrogens (primary N) is 1. The van der Waals surface area contributed by atoms with Crippen molar-refractivity contribution in [1.29, 1.82) is 0 Å². The number of aromatic nitrogens is 1. The van der Waals surface area contributed by atoms with Crippen molar-refractivity contribution in [3.8, 4) is 0 Å². The van der Waals surface area contributed by atoms with E-state index < -0.39 is 23.7 Å². The van der Waals surface area contributed by atoms with Crippen molar-refractivity contribution in [2.45, 2.75) is 89.3 Å². The Morgan fingerprint density at radius 1 is 1.03 bits per heavy atom. The van der Waals surface area contributed by atoms with E-state index in [2.05, 4.69) is 15.0 Å². The third kappa shape index (κ3) is 5.86. The average Bonchev–Trinajstić information content (AvgIpc) is 3.53. The lowest BCUT2D eigenvalue weighted by atomic mass is 9.95. The number of amides is 3. The van der Waals surface area contributed by atoms with E-state index in [4.69, 9.17) is 5.73 Å². The lowest BCUT2D eigenvalue weighted by Crippen LogP contribution is -2.51. The van der Waals surface area contributed by atoms with Gasteiger partial charge in [0.05, 0.1) is 5.69 Å². The smallest absolute Gasteiger partial charge is 0.273 e. The Balaban J connectivity index is 1.60. The first-order valence-corrected chi connectivity index (χ1v) is 13.6. The maximum Gasteiger partial charge on any atom is 0.273 e. The van der Waals surface area contributed by atoms with Crippen molar-refractivity contribution in [3.63, 3.8) is 0 Å². The third-order valence-corrected chi connectivity index (χ3v) is 7.95. The van der Waals surface area contributed by atoms with Crippen LogP contribution in [-0.4, -0.2) is 40.2 Å². The summed E-state index contributed by atoms with van der Waals surface area (Å²) in [6.45, 7) is 1.82. The normalized spacial score (nSPS) is 17.5. The van der Waals surface area contributed by atoms with Crippen LogP contribution in [0.1, 0.15) is 91.3 Å². The number of rotatable bonds is 8. The molecule has 2 fully saturated rings. The highest BCUT2D eigenvalue weighted by molar-refractivity contribution is 7.09. The van der Waals surface area contributed by atoms with Crippen molar-refractivity contribution >= 4 is 40.6 Å². The summed E-state index contributed by atoms with van der Waals surface area (Å²) in [5.74, 6) is -1.65. The largest absolute Gasteiger partial charge is 0.395 e. The Labute approximate surface area is 215 Å². The van der Waals surface area contributed by atoms with E-state index in [1.807, 2.05) is 6.92 Å². The number of anilines is 2. The van der Waals surface area contributed by atoms with Gasteiger partial charge in [0.25, 0.3) is 11.8 Å². The van der Waals surface area contributed by atoms with Gasteiger partial charge in [-0.2, -0.15) is 4.37 Å². The molecule has 1 atom stereocenters. The summed E-state index contributed by atoms with van der Waals surface area (Å²) in [5.41, 5.74) is 6.67. The zero-order chi connectivity index (χ0) is 25.7. The van der Waals surface area contributed by atoms with Gasteiger partial charge in [-0.25, -0.2) is 4.39 Å². The fraction of sp³-hybridized carbons (Fsp3) is 0.538. The standard InChI is InChI=1S/C26H34FN5O3S/c1-2-20(24(33)29-17-10-6-7-11-17)32(19-14-12-16(27)13-15-19)26(35)23-21(28)22(31-36-23)25(34)30-18-8-4-3-5-9-18/h12-15,17-18,20H,2-11,28H2,1H3,(H,29,33)(H,30,34)/t20-/m0/s1. The van der Waals surface area contributed by atoms with Crippen LogP contribution in [0.3, 0.4) is 0 Å². The van der Waals surface area contributed by atoms with Crippen LogP contribution in [0.4, 0.5) is 15.8 Å². The van der Waals surface area contributed by atoms with Crippen molar-refractivity contribution < 1.29 is 18.8 Å². The molecule has 1 aromatic heterocycles. The Hall–Kier alpha value is -3.01. The molecule has 0 saturated heterocycles. The molecule has 8 nitrogen and oxygen atoms in total. The first-order valence-electron chi connectivity index (χ1n) is 12.8. The fourth-order valence-corrected chi connectivity index (χ4v) is 5.85. The molecule has 4 rings (SSSR count). The second kappa shape index (κ2) is 11.8. The van der Waals surface area contributed by atoms with Gasteiger partial charge >= 0.3 is 0 Å². The molecule has 0 aliphatic heterocycles. The zero-order valence-corrected chi connectivity index (χ0v) is 21.4. The molecule has 1 aromatic carbocycles. The van der Waals surface area contributed by atoms with E-state index in [0.29, 0.717) is 12.1 Å². The number of benzene rings is 1. The molecule has 0 bridgehead atoms. The molecule has 10 heteroatoms. The molecule has 2 aliphatic rings. The third-order valence-electron chi connectivity index (χ3n) is 7.10. The van der Waals surface area contributed by atoms with Crippen LogP contribution in [0.5, 0.6) is 0 Å². The van der Waals surface area contributed by atoms with Crippen LogP contribution >= 0.6 is 11.5 Å². The van der Waals surface area contributed by atoms with E-state index in [1.165, 1.54) is 29.2 Å². The molecule has 4 N–H and O–H groups in total. The van der Waals surface area contributed by atoms with Crippen LogP contribution in [-0.2, 0) is 4.79 Å². The summed E-state index contributed by atoms with van der Waals surface area (Å²) < 4.78 is 17.9. The highest BCUT2D eigenvalue weighted by atomic mass is 32.1. The summed E-state index contributed by atoms with van der Waals surface area (Å²) in [4.78, 5) is 41.4. The zero-order valence-electron chi connectivity index (χ0n) is 20.6. The van der Waals surface area contributed by atoms with E-state index in [9.17, 15) is 18.8 Å². The van der Waals surface area contributed by atoms with Gasteiger partial charge in [0, 0.05) is 17.8 Å². The van der Waals surface area contributed by atoms with Gasteiger partial charge in [0.1, 0.15) is 16.7 Å². The topological polar surface area (TPSA) is 117 Å². The number of carbonyl (C=O) groups is 3. The molecular formula is C26H34FN5O3S. The summed E-state index contributed by atoms with van der Waals surface area (Å²) in [7, 11) is 0. The molecule has 2 aliphatic carbocycles. The van der Waals surface area contributed by atoms with Gasteiger partial charge in [0.15, 0.2) is 5.69 Å². The van der Waals surface area contributed by atoms with E-state index >= 15 is 0 Å². The molecule has 0 unspecified atom stereocenters. The van der Waals surface area contributed by atoms with Crippen LogP contribution < -0.4 is 21.3 Å². The molecule has 2 saturated carbocycles. The first kappa shape index (κ1) is 26.1. The lowest BCUT2D eigenvalue weighted by molar-refractivity contribution is -0.123. The van der Waals surface area contributed by atoms with Crippen LogP contribution in [0, 0.1) is 5.82 Å². The molecule has 2 aromatic rings. The summed E-state index contributed by atoms with van der Waals surface area (Å²) >= 11 is 0.840. The minimum atomic E-state index is -0.829. The molecule has 3 amide bonds. The maximum absolute atomic E-state index is 13.8. The second-order valence-corrected chi connectivity index (χ2v) is 10.4. The number of nitrogen functional groups attached to an aromatic ring is 1. The highest BCUT2D eigenvalue weighted by Gasteiger charge is 2.35. The first-order chi connectivity index (χ1) is 17.4. The molecule has 0 radical (unpaired) electrons. The van der Waals surface area contributed by atoms with E-state index in [1.54, 1.807) is 0 Å². The van der Waals surface area contributed by atoms with Crippen molar-refractivity contribution in [3.05, 3.63) is 40.7 Å². The lowest BCUT2D eigenvalue weighted by Gasteiger charge is -2.31. The van der Waals surface area contributed by atoms with Crippen molar-refractivity contribution in [1.82, 2.24) is 15.0 Å². The summed E-state index contributed by atoms with van der Waals surface area (Å²) in [6, 6.07) is 4.75.